The predicted octanol–water partition coefficient (Wildman–Crippen LogP) is 3.22. The van der Waals surface area contributed by atoms with Gasteiger partial charge in [-0.25, -0.2) is 0 Å². The lowest BCUT2D eigenvalue weighted by atomic mass is 9.93. The second-order valence-electron chi connectivity index (χ2n) is 5.59. The van der Waals surface area contributed by atoms with Crippen molar-refractivity contribution in [1.29, 1.82) is 0 Å². The van der Waals surface area contributed by atoms with Crippen molar-refractivity contribution < 1.29 is 4.79 Å². The van der Waals surface area contributed by atoms with Crippen LogP contribution in [0.15, 0.2) is 22.7 Å². The molecule has 3 nitrogen and oxygen atoms in total. The van der Waals surface area contributed by atoms with Crippen molar-refractivity contribution in [2.75, 3.05) is 26.7 Å². The SMILES string of the molecule is CNCCC1CCN(C(=O)c2ccc(Br)cc2C)CC1. The summed E-state index contributed by atoms with van der Waals surface area (Å²) < 4.78 is 1.03. The summed E-state index contributed by atoms with van der Waals surface area (Å²) in [5.74, 6) is 0.944. The van der Waals surface area contributed by atoms with E-state index in [4.69, 9.17) is 0 Å². The molecule has 4 heteroatoms. The fraction of sp³-hybridized carbons (Fsp3) is 0.562. The molecule has 0 saturated carbocycles. The van der Waals surface area contributed by atoms with E-state index in [-0.39, 0.29) is 5.91 Å². The van der Waals surface area contributed by atoms with Crippen LogP contribution in [-0.2, 0) is 0 Å². The summed E-state index contributed by atoms with van der Waals surface area (Å²) in [7, 11) is 2.00. The van der Waals surface area contributed by atoms with Crippen molar-refractivity contribution in [3.05, 3.63) is 33.8 Å². The van der Waals surface area contributed by atoms with Crippen molar-refractivity contribution >= 4 is 21.8 Å². The third kappa shape index (κ3) is 3.83. The zero-order chi connectivity index (χ0) is 14.5. The molecule has 0 aromatic heterocycles. The number of nitrogens with one attached hydrogen (secondary N) is 1. The monoisotopic (exact) mass is 338 g/mol. The first-order valence-electron chi connectivity index (χ1n) is 7.32. The van der Waals surface area contributed by atoms with E-state index in [2.05, 4.69) is 21.2 Å². The van der Waals surface area contributed by atoms with Gasteiger partial charge in [0.25, 0.3) is 5.91 Å². The van der Waals surface area contributed by atoms with Gasteiger partial charge in [-0.05, 0) is 69.5 Å². The van der Waals surface area contributed by atoms with Crippen LogP contribution in [0.4, 0.5) is 0 Å². The highest BCUT2D eigenvalue weighted by molar-refractivity contribution is 9.10. The number of carbonyl (C=O) groups is 1. The van der Waals surface area contributed by atoms with Gasteiger partial charge in [-0.15, -0.1) is 0 Å². The normalized spacial score (nSPS) is 16.4. The summed E-state index contributed by atoms with van der Waals surface area (Å²) in [6, 6.07) is 5.88. The Morgan fingerprint density at radius 1 is 1.40 bits per heavy atom. The molecule has 1 heterocycles. The maximum absolute atomic E-state index is 12.6. The number of benzene rings is 1. The third-order valence-electron chi connectivity index (χ3n) is 4.12. The zero-order valence-electron chi connectivity index (χ0n) is 12.3. The van der Waals surface area contributed by atoms with E-state index < -0.39 is 0 Å². The number of rotatable bonds is 4. The third-order valence-corrected chi connectivity index (χ3v) is 4.62. The van der Waals surface area contributed by atoms with Crippen LogP contribution in [0.5, 0.6) is 0 Å². The lowest BCUT2D eigenvalue weighted by Crippen LogP contribution is -2.39. The quantitative estimate of drug-likeness (QED) is 0.914. The Balaban J connectivity index is 1.94. The summed E-state index contributed by atoms with van der Waals surface area (Å²) in [5, 5.41) is 3.20. The van der Waals surface area contributed by atoms with E-state index in [0.29, 0.717) is 0 Å². The van der Waals surface area contributed by atoms with E-state index in [1.165, 1.54) is 6.42 Å². The van der Waals surface area contributed by atoms with E-state index >= 15 is 0 Å². The summed E-state index contributed by atoms with van der Waals surface area (Å²) in [6.07, 6.45) is 3.47. The van der Waals surface area contributed by atoms with E-state index in [0.717, 1.165) is 54.0 Å². The first-order valence-corrected chi connectivity index (χ1v) is 8.11. The summed E-state index contributed by atoms with van der Waals surface area (Å²) in [4.78, 5) is 14.6. The number of hydrogen-bond donors (Lipinski definition) is 1. The molecule has 110 valence electrons. The Labute approximate surface area is 129 Å². The molecular formula is C16H23BrN2O. The Kier molecular flexibility index (Phi) is 5.61. The number of amides is 1. The zero-order valence-corrected chi connectivity index (χ0v) is 13.9. The number of carbonyl (C=O) groups excluding carboxylic acids is 1. The average molecular weight is 339 g/mol. The predicted molar refractivity (Wildman–Crippen MR) is 86.1 cm³/mol. The molecule has 2 rings (SSSR count). The van der Waals surface area contributed by atoms with E-state index in [1.54, 1.807) is 0 Å². The number of nitrogens with zero attached hydrogens (tertiary/aromatic N) is 1. The molecule has 1 aromatic carbocycles. The second kappa shape index (κ2) is 7.23. The highest BCUT2D eigenvalue weighted by Crippen LogP contribution is 2.23. The van der Waals surface area contributed by atoms with Crippen LogP contribution >= 0.6 is 15.9 Å². The van der Waals surface area contributed by atoms with Gasteiger partial charge in [0.1, 0.15) is 0 Å². The molecule has 1 aromatic rings. The molecular weight excluding hydrogens is 316 g/mol. The summed E-state index contributed by atoms with van der Waals surface area (Å²) >= 11 is 3.44. The van der Waals surface area contributed by atoms with Crippen LogP contribution in [0.1, 0.15) is 35.2 Å². The molecule has 1 saturated heterocycles. The van der Waals surface area contributed by atoms with Gasteiger partial charge >= 0.3 is 0 Å². The number of likely N-dealkylation sites (tertiary alicyclic amines) is 1. The largest absolute Gasteiger partial charge is 0.339 e. The van der Waals surface area contributed by atoms with Gasteiger partial charge in [0.15, 0.2) is 0 Å². The molecule has 0 aliphatic carbocycles. The molecule has 1 N–H and O–H groups in total. The van der Waals surface area contributed by atoms with Crippen molar-refractivity contribution in [3.8, 4) is 0 Å². The molecule has 0 bridgehead atoms. The van der Waals surface area contributed by atoms with Crippen molar-refractivity contribution in [2.24, 2.45) is 5.92 Å². The Bertz CT molecular complexity index is 468. The molecule has 0 spiro atoms. The molecule has 1 aliphatic rings. The van der Waals surface area contributed by atoms with E-state index in [9.17, 15) is 4.79 Å². The smallest absolute Gasteiger partial charge is 0.254 e. The lowest BCUT2D eigenvalue weighted by Gasteiger charge is -2.32. The molecule has 0 unspecified atom stereocenters. The second-order valence-corrected chi connectivity index (χ2v) is 6.50. The first-order chi connectivity index (χ1) is 9.61. The molecule has 0 radical (unpaired) electrons. The summed E-state index contributed by atoms with van der Waals surface area (Å²) in [5.41, 5.74) is 1.88. The summed E-state index contributed by atoms with van der Waals surface area (Å²) in [6.45, 7) is 4.85. The lowest BCUT2D eigenvalue weighted by molar-refractivity contribution is 0.0686. The van der Waals surface area contributed by atoms with E-state index in [1.807, 2.05) is 37.1 Å². The maximum Gasteiger partial charge on any atom is 0.254 e. The van der Waals surface area contributed by atoms with Crippen LogP contribution in [0.25, 0.3) is 0 Å². The Morgan fingerprint density at radius 2 is 2.10 bits per heavy atom. The topological polar surface area (TPSA) is 32.3 Å². The van der Waals surface area contributed by atoms with Crippen LogP contribution in [0, 0.1) is 12.8 Å². The van der Waals surface area contributed by atoms with Crippen LogP contribution < -0.4 is 5.32 Å². The van der Waals surface area contributed by atoms with Gasteiger partial charge in [-0.3, -0.25) is 4.79 Å². The maximum atomic E-state index is 12.6. The van der Waals surface area contributed by atoms with Gasteiger partial charge in [0.2, 0.25) is 0 Å². The van der Waals surface area contributed by atoms with Crippen molar-refractivity contribution in [2.45, 2.75) is 26.2 Å². The molecule has 1 aliphatic heterocycles. The van der Waals surface area contributed by atoms with Gasteiger partial charge in [0.05, 0.1) is 0 Å². The average Bonchev–Trinajstić information content (AvgIpc) is 2.45. The highest BCUT2D eigenvalue weighted by Gasteiger charge is 2.24. The van der Waals surface area contributed by atoms with Gasteiger partial charge in [-0.2, -0.15) is 0 Å². The Hall–Kier alpha value is -0.870. The first kappa shape index (κ1) is 15.5. The van der Waals surface area contributed by atoms with Crippen LogP contribution in [0.3, 0.4) is 0 Å². The van der Waals surface area contributed by atoms with Gasteiger partial charge in [-0.1, -0.05) is 15.9 Å². The minimum Gasteiger partial charge on any atom is -0.339 e. The number of hydrogen-bond acceptors (Lipinski definition) is 2. The molecule has 1 fully saturated rings. The molecule has 0 atom stereocenters. The van der Waals surface area contributed by atoms with Crippen molar-refractivity contribution in [1.82, 2.24) is 10.2 Å². The van der Waals surface area contributed by atoms with Crippen LogP contribution in [-0.4, -0.2) is 37.5 Å². The molecule has 1 amide bonds. The fourth-order valence-corrected chi connectivity index (χ4v) is 3.29. The standard InChI is InChI=1S/C16H23BrN2O/c1-12-11-14(17)3-4-15(12)16(20)19-9-6-13(7-10-19)5-8-18-2/h3-4,11,13,18H,5-10H2,1-2H3. The number of piperidine rings is 1. The minimum atomic E-state index is 0.182. The van der Waals surface area contributed by atoms with Gasteiger partial charge < -0.3 is 10.2 Å². The minimum absolute atomic E-state index is 0.182. The fourth-order valence-electron chi connectivity index (χ4n) is 2.81. The Morgan fingerprint density at radius 3 is 2.70 bits per heavy atom. The van der Waals surface area contributed by atoms with Crippen LogP contribution in [0.2, 0.25) is 0 Å². The number of halogens is 1. The van der Waals surface area contributed by atoms with Crippen molar-refractivity contribution in [3.63, 3.8) is 0 Å². The van der Waals surface area contributed by atoms with Gasteiger partial charge in [0, 0.05) is 23.1 Å². The molecule has 20 heavy (non-hydrogen) atoms. The highest BCUT2D eigenvalue weighted by atomic mass is 79.9. The number of aryl methyl sites for hydroxylation is 1.